The summed E-state index contributed by atoms with van der Waals surface area (Å²) in [5.74, 6) is 1.28. The monoisotopic (exact) mass is 447 g/mol. The van der Waals surface area contributed by atoms with Crippen molar-refractivity contribution in [3.05, 3.63) is 82.8 Å². The van der Waals surface area contributed by atoms with Crippen molar-refractivity contribution in [1.29, 1.82) is 0 Å². The quantitative estimate of drug-likeness (QED) is 0.388. The highest BCUT2D eigenvalue weighted by molar-refractivity contribution is 9.10. The number of halogens is 1. The van der Waals surface area contributed by atoms with E-state index in [4.69, 9.17) is 4.74 Å². The van der Waals surface area contributed by atoms with E-state index in [1.165, 1.54) is 6.08 Å². The number of methoxy groups -OCH3 is 1. The molecule has 0 aliphatic rings. The number of carbonyl (C=O) groups is 1. The number of benzene rings is 3. The number of H-pyrrole nitrogens is 1. The molecular formula is C23H18BrN3O2. The fourth-order valence-corrected chi connectivity index (χ4v) is 3.36. The maximum absolute atomic E-state index is 12.3. The van der Waals surface area contributed by atoms with Gasteiger partial charge in [0.15, 0.2) is 0 Å². The van der Waals surface area contributed by atoms with Crippen LogP contribution in [0.2, 0.25) is 0 Å². The lowest BCUT2D eigenvalue weighted by Crippen LogP contribution is -2.07. The van der Waals surface area contributed by atoms with Gasteiger partial charge in [0, 0.05) is 27.4 Å². The molecule has 0 unspecified atom stereocenters. The maximum Gasteiger partial charge on any atom is 0.248 e. The lowest BCUT2D eigenvalue weighted by Gasteiger charge is -2.06. The summed E-state index contributed by atoms with van der Waals surface area (Å²) in [4.78, 5) is 20.2. The maximum atomic E-state index is 12.3. The molecule has 5 nitrogen and oxygen atoms in total. The molecule has 4 rings (SSSR count). The summed E-state index contributed by atoms with van der Waals surface area (Å²) < 4.78 is 6.23. The van der Waals surface area contributed by atoms with Gasteiger partial charge in [-0.2, -0.15) is 0 Å². The van der Waals surface area contributed by atoms with Gasteiger partial charge in [0.1, 0.15) is 11.6 Å². The second-order valence-electron chi connectivity index (χ2n) is 6.39. The first kappa shape index (κ1) is 19.0. The summed E-state index contributed by atoms with van der Waals surface area (Å²) in [7, 11) is 1.60. The highest BCUT2D eigenvalue weighted by Crippen LogP contribution is 2.25. The zero-order valence-electron chi connectivity index (χ0n) is 15.6. The Balaban J connectivity index is 1.46. The molecule has 1 amide bonds. The average molecular weight is 448 g/mol. The van der Waals surface area contributed by atoms with E-state index in [9.17, 15) is 4.79 Å². The molecule has 6 heteroatoms. The van der Waals surface area contributed by atoms with Crippen molar-refractivity contribution in [2.24, 2.45) is 0 Å². The summed E-state index contributed by atoms with van der Waals surface area (Å²) in [5.41, 5.74) is 4.40. The minimum atomic E-state index is -0.219. The minimum Gasteiger partial charge on any atom is -0.496 e. The van der Waals surface area contributed by atoms with Crippen molar-refractivity contribution in [3.8, 4) is 17.1 Å². The Kier molecular flexibility index (Phi) is 5.44. The average Bonchev–Trinajstić information content (AvgIpc) is 3.17. The van der Waals surface area contributed by atoms with Gasteiger partial charge in [0.25, 0.3) is 0 Å². The number of hydrogen-bond donors (Lipinski definition) is 2. The molecule has 0 saturated heterocycles. The Morgan fingerprint density at radius 3 is 2.66 bits per heavy atom. The number of amides is 1. The number of imidazole rings is 1. The predicted octanol–water partition coefficient (Wildman–Crippen LogP) is 5.65. The van der Waals surface area contributed by atoms with Gasteiger partial charge in [0.2, 0.25) is 5.91 Å². The zero-order chi connectivity index (χ0) is 20.2. The number of fused-ring (bicyclic) bond motifs is 1. The fraction of sp³-hybridized carbons (Fsp3) is 0.0435. The number of hydrogen-bond acceptors (Lipinski definition) is 3. The Morgan fingerprint density at radius 1 is 1.10 bits per heavy atom. The van der Waals surface area contributed by atoms with Crippen LogP contribution in [-0.2, 0) is 4.79 Å². The number of rotatable bonds is 5. The number of aromatic nitrogens is 2. The van der Waals surface area contributed by atoms with Crippen molar-refractivity contribution < 1.29 is 9.53 Å². The van der Waals surface area contributed by atoms with Gasteiger partial charge >= 0.3 is 0 Å². The Labute approximate surface area is 176 Å². The molecule has 0 radical (unpaired) electrons. The van der Waals surface area contributed by atoms with Gasteiger partial charge in [-0.1, -0.05) is 28.1 Å². The second-order valence-corrected chi connectivity index (χ2v) is 7.30. The second kappa shape index (κ2) is 8.32. The van der Waals surface area contributed by atoms with E-state index in [-0.39, 0.29) is 5.91 Å². The largest absolute Gasteiger partial charge is 0.496 e. The highest BCUT2D eigenvalue weighted by Gasteiger charge is 2.06. The van der Waals surface area contributed by atoms with Crippen LogP contribution in [0.4, 0.5) is 5.69 Å². The fourth-order valence-electron chi connectivity index (χ4n) is 2.99. The van der Waals surface area contributed by atoms with Crippen LogP contribution >= 0.6 is 15.9 Å². The van der Waals surface area contributed by atoms with Crippen LogP contribution in [0.3, 0.4) is 0 Å². The minimum absolute atomic E-state index is 0.219. The molecule has 0 atom stereocenters. The Bertz CT molecular complexity index is 1160. The number of ether oxygens (including phenoxy) is 1. The van der Waals surface area contributed by atoms with Crippen LogP contribution < -0.4 is 10.1 Å². The van der Waals surface area contributed by atoms with E-state index >= 15 is 0 Å². The summed E-state index contributed by atoms with van der Waals surface area (Å²) in [6.07, 6.45) is 3.21. The topological polar surface area (TPSA) is 67.0 Å². The standard InChI is InChI=1S/C23H18BrN3O2/c1-29-21-12-9-17(24)14-16(21)8-13-22(28)25-18-10-6-15(7-11-18)23-26-19-4-2-3-5-20(19)27-23/h2-14H,1H3,(H,25,28)(H,26,27)/b13-8+. The number of carbonyl (C=O) groups excluding carboxylic acids is 1. The van der Waals surface area contributed by atoms with Crippen LogP contribution in [0, 0.1) is 0 Å². The molecule has 2 N–H and O–H groups in total. The van der Waals surface area contributed by atoms with E-state index < -0.39 is 0 Å². The number of anilines is 1. The van der Waals surface area contributed by atoms with E-state index in [2.05, 4.69) is 31.2 Å². The summed E-state index contributed by atoms with van der Waals surface area (Å²) in [5, 5.41) is 2.86. The Hall–Kier alpha value is -3.38. The molecule has 0 bridgehead atoms. The van der Waals surface area contributed by atoms with Crippen molar-refractivity contribution in [3.63, 3.8) is 0 Å². The van der Waals surface area contributed by atoms with Crippen molar-refractivity contribution in [1.82, 2.24) is 9.97 Å². The molecule has 1 aromatic heterocycles. The predicted molar refractivity (Wildman–Crippen MR) is 120 cm³/mol. The molecule has 0 saturated carbocycles. The normalized spacial score (nSPS) is 11.1. The van der Waals surface area contributed by atoms with E-state index in [1.807, 2.05) is 66.7 Å². The lowest BCUT2D eigenvalue weighted by molar-refractivity contribution is -0.111. The Morgan fingerprint density at radius 2 is 1.90 bits per heavy atom. The molecule has 3 aromatic carbocycles. The number of aromatic amines is 1. The van der Waals surface area contributed by atoms with Gasteiger partial charge in [-0.15, -0.1) is 0 Å². The molecule has 0 aliphatic heterocycles. The molecule has 144 valence electrons. The van der Waals surface area contributed by atoms with Crippen LogP contribution in [0.15, 0.2) is 77.3 Å². The number of para-hydroxylation sites is 2. The third-order valence-corrected chi connectivity index (χ3v) is 4.91. The number of nitrogens with one attached hydrogen (secondary N) is 2. The van der Waals surface area contributed by atoms with Gasteiger partial charge in [-0.05, 0) is 60.7 Å². The molecule has 29 heavy (non-hydrogen) atoms. The number of nitrogens with zero attached hydrogens (tertiary/aromatic N) is 1. The third-order valence-electron chi connectivity index (χ3n) is 4.42. The highest BCUT2D eigenvalue weighted by atomic mass is 79.9. The first-order valence-electron chi connectivity index (χ1n) is 9.00. The van der Waals surface area contributed by atoms with Crippen molar-refractivity contribution >= 4 is 44.6 Å². The summed E-state index contributed by atoms with van der Waals surface area (Å²) >= 11 is 3.43. The zero-order valence-corrected chi connectivity index (χ0v) is 17.2. The van der Waals surface area contributed by atoms with Gasteiger partial charge in [0.05, 0.1) is 18.1 Å². The first-order chi connectivity index (χ1) is 14.1. The lowest BCUT2D eigenvalue weighted by atomic mass is 10.2. The summed E-state index contributed by atoms with van der Waals surface area (Å²) in [6.45, 7) is 0. The van der Waals surface area contributed by atoms with Crippen LogP contribution in [0.1, 0.15) is 5.56 Å². The van der Waals surface area contributed by atoms with Crippen LogP contribution in [0.5, 0.6) is 5.75 Å². The molecular weight excluding hydrogens is 430 g/mol. The van der Waals surface area contributed by atoms with Crippen LogP contribution in [-0.4, -0.2) is 23.0 Å². The first-order valence-corrected chi connectivity index (χ1v) is 9.79. The SMILES string of the molecule is COc1ccc(Br)cc1/C=C/C(=O)Nc1ccc(-c2nc3ccccc3[nH]2)cc1. The molecule has 0 fully saturated rings. The van der Waals surface area contributed by atoms with E-state index in [1.54, 1.807) is 13.2 Å². The van der Waals surface area contributed by atoms with E-state index in [0.29, 0.717) is 11.4 Å². The molecule has 0 spiro atoms. The smallest absolute Gasteiger partial charge is 0.248 e. The third kappa shape index (κ3) is 4.38. The molecule has 1 heterocycles. The summed E-state index contributed by atoms with van der Waals surface area (Å²) in [6, 6.07) is 21.1. The van der Waals surface area contributed by atoms with E-state index in [0.717, 1.165) is 32.5 Å². The van der Waals surface area contributed by atoms with Gasteiger partial charge in [-0.3, -0.25) is 4.79 Å². The van der Waals surface area contributed by atoms with Gasteiger partial charge < -0.3 is 15.0 Å². The van der Waals surface area contributed by atoms with Crippen molar-refractivity contribution in [2.75, 3.05) is 12.4 Å². The van der Waals surface area contributed by atoms with Gasteiger partial charge in [-0.25, -0.2) is 4.98 Å². The van der Waals surface area contributed by atoms with Crippen molar-refractivity contribution in [2.45, 2.75) is 0 Å². The molecule has 0 aliphatic carbocycles. The molecule has 4 aromatic rings. The van der Waals surface area contributed by atoms with Crippen LogP contribution in [0.25, 0.3) is 28.5 Å².